The summed E-state index contributed by atoms with van der Waals surface area (Å²) in [6, 6.07) is 5.42. The zero-order valence-electron chi connectivity index (χ0n) is 16.6. The Balaban J connectivity index is 0.000000339. The van der Waals surface area contributed by atoms with Crippen molar-refractivity contribution < 1.29 is 27.9 Å². The maximum atomic E-state index is 12.7. The van der Waals surface area contributed by atoms with Crippen molar-refractivity contribution in [3.05, 3.63) is 48.5 Å². The zero-order chi connectivity index (χ0) is 22.5. The van der Waals surface area contributed by atoms with E-state index >= 15 is 0 Å². The van der Waals surface area contributed by atoms with Crippen LogP contribution in [0.3, 0.4) is 0 Å². The fraction of sp³-hybridized carbons (Fsp3) is 0.450. The second-order valence-corrected chi connectivity index (χ2v) is 7.59. The maximum Gasteiger partial charge on any atom is 0.490 e. The number of aromatic nitrogens is 3. The smallest absolute Gasteiger partial charge is 0.475 e. The molecule has 2 aliphatic rings. The number of nitrogens with zero attached hydrogens (tertiary/aromatic N) is 5. The van der Waals surface area contributed by atoms with Gasteiger partial charge in [-0.05, 0) is 37.5 Å². The lowest BCUT2D eigenvalue weighted by atomic mass is 9.79. The van der Waals surface area contributed by atoms with Crippen molar-refractivity contribution in [3.8, 4) is 0 Å². The number of hydrogen-bond donors (Lipinski definition) is 1. The van der Waals surface area contributed by atoms with Crippen LogP contribution in [0.1, 0.15) is 29.6 Å². The van der Waals surface area contributed by atoms with Gasteiger partial charge >= 0.3 is 12.1 Å². The SMILES string of the molecule is O=C(O)C(F)(F)F.O=C(c1ccncc1)N1CCC2(CCCN(c3ncccn3)C2)C1. The number of halogens is 3. The number of carbonyl (C=O) groups is 2. The van der Waals surface area contributed by atoms with Crippen LogP contribution in [0.4, 0.5) is 19.1 Å². The topological polar surface area (TPSA) is 99.5 Å². The molecule has 0 aromatic carbocycles. The van der Waals surface area contributed by atoms with Gasteiger partial charge < -0.3 is 14.9 Å². The quantitative estimate of drug-likeness (QED) is 0.771. The number of hydrogen-bond acceptors (Lipinski definition) is 6. The largest absolute Gasteiger partial charge is 0.490 e. The van der Waals surface area contributed by atoms with Gasteiger partial charge in [-0.2, -0.15) is 13.2 Å². The summed E-state index contributed by atoms with van der Waals surface area (Å²) >= 11 is 0. The van der Waals surface area contributed by atoms with Gasteiger partial charge in [-0.25, -0.2) is 14.8 Å². The molecule has 2 saturated heterocycles. The number of carbonyl (C=O) groups excluding carboxylic acids is 1. The van der Waals surface area contributed by atoms with E-state index in [1.165, 1.54) is 0 Å². The summed E-state index contributed by atoms with van der Waals surface area (Å²) in [4.78, 5) is 38.6. The molecule has 4 rings (SSSR count). The number of rotatable bonds is 2. The number of alkyl halides is 3. The lowest BCUT2D eigenvalue weighted by Crippen LogP contribution is -2.46. The molecule has 1 unspecified atom stereocenters. The van der Waals surface area contributed by atoms with Crippen LogP contribution in [-0.4, -0.2) is 69.2 Å². The molecule has 2 fully saturated rings. The summed E-state index contributed by atoms with van der Waals surface area (Å²) < 4.78 is 31.7. The molecular weight excluding hydrogens is 415 g/mol. The predicted molar refractivity (Wildman–Crippen MR) is 104 cm³/mol. The Morgan fingerprint density at radius 3 is 2.26 bits per heavy atom. The van der Waals surface area contributed by atoms with Gasteiger partial charge in [0.1, 0.15) is 0 Å². The Morgan fingerprint density at radius 2 is 1.65 bits per heavy atom. The van der Waals surface area contributed by atoms with Gasteiger partial charge in [-0.15, -0.1) is 0 Å². The number of carboxylic acid groups (broad SMARTS) is 1. The summed E-state index contributed by atoms with van der Waals surface area (Å²) in [5.41, 5.74) is 0.890. The first kappa shape index (κ1) is 22.4. The van der Waals surface area contributed by atoms with Gasteiger partial charge in [0.2, 0.25) is 5.95 Å². The Labute approximate surface area is 176 Å². The molecule has 31 heavy (non-hydrogen) atoms. The molecular formula is C20H22F3N5O3. The molecule has 8 nitrogen and oxygen atoms in total. The second kappa shape index (κ2) is 9.27. The van der Waals surface area contributed by atoms with Crippen LogP contribution < -0.4 is 4.90 Å². The lowest BCUT2D eigenvalue weighted by Gasteiger charge is -2.40. The van der Waals surface area contributed by atoms with E-state index in [9.17, 15) is 18.0 Å². The molecule has 1 N–H and O–H groups in total. The molecule has 0 saturated carbocycles. The summed E-state index contributed by atoms with van der Waals surface area (Å²) in [6.07, 6.45) is 5.18. The van der Waals surface area contributed by atoms with E-state index in [4.69, 9.17) is 9.90 Å². The van der Waals surface area contributed by atoms with E-state index in [0.29, 0.717) is 0 Å². The summed E-state index contributed by atoms with van der Waals surface area (Å²) in [5, 5.41) is 7.12. The summed E-state index contributed by atoms with van der Waals surface area (Å²) in [7, 11) is 0. The van der Waals surface area contributed by atoms with Crippen LogP contribution in [0.2, 0.25) is 0 Å². The standard InChI is InChI=1S/C18H21N5O.C2HF3O2/c24-16(15-3-9-19-10-4-15)22-12-6-18(13-22)5-1-11-23(14-18)17-20-7-2-8-21-17;3-2(4,5)1(6)7/h2-4,7-10H,1,5-6,11-14H2;(H,6,7). The predicted octanol–water partition coefficient (Wildman–Crippen LogP) is 2.64. The van der Waals surface area contributed by atoms with Crippen molar-refractivity contribution in [2.24, 2.45) is 5.41 Å². The number of anilines is 1. The number of carboxylic acids is 1. The van der Waals surface area contributed by atoms with Crippen molar-refractivity contribution in [1.82, 2.24) is 19.9 Å². The highest BCUT2D eigenvalue weighted by atomic mass is 19.4. The third kappa shape index (κ3) is 5.68. The Bertz CT molecular complexity index is 898. The molecule has 2 aromatic rings. The highest BCUT2D eigenvalue weighted by Crippen LogP contribution is 2.40. The highest BCUT2D eigenvalue weighted by molar-refractivity contribution is 5.94. The summed E-state index contributed by atoms with van der Waals surface area (Å²) in [5.74, 6) is -1.84. The molecule has 0 bridgehead atoms. The van der Waals surface area contributed by atoms with Gasteiger partial charge in [0.05, 0.1) is 0 Å². The minimum atomic E-state index is -5.08. The molecule has 1 amide bonds. The number of aliphatic carboxylic acids is 1. The van der Waals surface area contributed by atoms with E-state index in [1.807, 2.05) is 11.0 Å². The van der Waals surface area contributed by atoms with E-state index in [-0.39, 0.29) is 11.3 Å². The third-order valence-electron chi connectivity index (χ3n) is 5.39. The van der Waals surface area contributed by atoms with Crippen LogP contribution in [0.25, 0.3) is 0 Å². The lowest BCUT2D eigenvalue weighted by molar-refractivity contribution is -0.192. The molecule has 4 heterocycles. The maximum absolute atomic E-state index is 12.7. The fourth-order valence-electron chi connectivity index (χ4n) is 3.95. The Morgan fingerprint density at radius 1 is 1.00 bits per heavy atom. The molecule has 1 spiro atoms. The number of likely N-dealkylation sites (tertiary alicyclic amines) is 1. The average Bonchev–Trinajstić information content (AvgIpc) is 3.17. The van der Waals surface area contributed by atoms with E-state index in [1.54, 1.807) is 36.9 Å². The van der Waals surface area contributed by atoms with Crippen LogP contribution in [0.15, 0.2) is 43.0 Å². The highest BCUT2D eigenvalue weighted by Gasteiger charge is 2.43. The van der Waals surface area contributed by atoms with E-state index < -0.39 is 12.1 Å². The van der Waals surface area contributed by atoms with Crippen molar-refractivity contribution in [1.29, 1.82) is 0 Å². The zero-order valence-corrected chi connectivity index (χ0v) is 16.6. The van der Waals surface area contributed by atoms with Crippen LogP contribution in [0, 0.1) is 5.41 Å². The first-order valence-electron chi connectivity index (χ1n) is 9.72. The molecule has 1 atom stereocenters. The fourth-order valence-corrected chi connectivity index (χ4v) is 3.95. The van der Waals surface area contributed by atoms with Gasteiger partial charge in [-0.1, -0.05) is 0 Å². The van der Waals surface area contributed by atoms with E-state index in [2.05, 4.69) is 19.9 Å². The van der Waals surface area contributed by atoms with Crippen LogP contribution >= 0.6 is 0 Å². The third-order valence-corrected chi connectivity index (χ3v) is 5.39. The molecule has 2 aromatic heterocycles. The first-order valence-corrected chi connectivity index (χ1v) is 9.72. The number of amides is 1. The minimum absolute atomic E-state index is 0.113. The first-order chi connectivity index (χ1) is 14.7. The van der Waals surface area contributed by atoms with Crippen molar-refractivity contribution in [3.63, 3.8) is 0 Å². The average molecular weight is 437 g/mol. The van der Waals surface area contributed by atoms with Crippen molar-refractivity contribution >= 4 is 17.8 Å². The van der Waals surface area contributed by atoms with Gasteiger partial charge in [0.25, 0.3) is 5.91 Å². The van der Waals surface area contributed by atoms with Crippen LogP contribution in [0.5, 0.6) is 0 Å². The van der Waals surface area contributed by atoms with Crippen molar-refractivity contribution in [2.75, 3.05) is 31.1 Å². The Kier molecular flexibility index (Phi) is 6.71. The molecule has 166 valence electrons. The number of piperidine rings is 1. The van der Waals surface area contributed by atoms with E-state index in [0.717, 1.165) is 57.0 Å². The second-order valence-electron chi connectivity index (χ2n) is 7.59. The minimum Gasteiger partial charge on any atom is -0.475 e. The normalized spacial score (nSPS) is 20.9. The molecule has 0 aliphatic carbocycles. The monoisotopic (exact) mass is 437 g/mol. The van der Waals surface area contributed by atoms with Gasteiger partial charge in [-0.3, -0.25) is 9.78 Å². The Hall–Kier alpha value is -3.24. The van der Waals surface area contributed by atoms with Crippen molar-refractivity contribution in [2.45, 2.75) is 25.4 Å². The molecule has 2 aliphatic heterocycles. The number of pyridine rings is 1. The summed E-state index contributed by atoms with van der Waals surface area (Å²) in [6.45, 7) is 3.56. The molecule has 0 radical (unpaired) electrons. The van der Waals surface area contributed by atoms with Gasteiger partial charge in [0.15, 0.2) is 0 Å². The van der Waals surface area contributed by atoms with Crippen LogP contribution in [-0.2, 0) is 4.79 Å². The molecule has 11 heteroatoms. The van der Waals surface area contributed by atoms with Gasteiger partial charge in [0, 0.05) is 61.9 Å².